The predicted octanol–water partition coefficient (Wildman–Crippen LogP) is 4.08. The average molecular weight is 372 g/mol. The van der Waals surface area contributed by atoms with Crippen LogP contribution in [0.15, 0.2) is 28.1 Å². The van der Waals surface area contributed by atoms with Gasteiger partial charge < -0.3 is 15.0 Å². The molecule has 1 aromatic carbocycles. The molecule has 1 aromatic rings. The SMILES string of the molecule is CC1(C)OB(C(=Cc2cc(Br)ccc2Cl)CN)OC1(C)C. The van der Waals surface area contributed by atoms with E-state index in [2.05, 4.69) is 15.9 Å². The van der Waals surface area contributed by atoms with Crippen molar-refractivity contribution in [1.29, 1.82) is 0 Å². The van der Waals surface area contributed by atoms with Gasteiger partial charge in [-0.2, -0.15) is 0 Å². The quantitative estimate of drug-likeness (QED) is 0.813. The van der Waals surface area contributed by atoms with Gasteiger partial charge >= 0.3 is 7.12 Å². The van der Waals surface area contributed by atoms with E-state index < -0.39 is 7.12 Å². The van der Waals surface area contributed by atoms with Crippen molar-refractivity contribution in [2.24, 2.45) is 5.73 Å². The van der Waals surface area contributed by atoms with Gasteiger partial charge in [0.15, 0.2) is 0 Å². The number of benzene rings is 1. The van der Waals surface area contributed by atoms with E-state index in [0.717, 1.165) is 15.5 Å². The zero-order valence-corrected chi connectivity index (χ0v) is 15.1. The molecule has 0 bridgehead atoms. The van der Waals surface area contributed by atoms with E-state index >= 15 is 0 Å². The fourth-order valence-corrected chi connectivity index (χ4v) is 2.59. The number of nitrogens with two attached hydrogens (primary N) is 1. The number of hydrogen-bond donors (Lipinski definition) is 1. The smallest absolute Gasteiger partial charge is 0.400 e. The van der Waals surface area contributed by atoms with E-state index in [0.29, 0.717) is 11.6 Å². The Hall–Kier alpha value is -0.325. The monoisotopic (exact) mass is 371 g/mol. The highest BCUT2D eigenvalue weighted by molar-refractivity contribution is 9.10. The minimum atomic E-state index is -0.449. The van der Waals surface area contributed by atoms with Crippen LogP contribution in [0, 0.1) is 0 Å². The topological polar surface area (TPSA) is 44.5 Å². The van der Waals surface area contributed by atoms with Gasteiger partial charge in [0, 0.05) is 16.0 Å². The molecule has 1 aliphatic rings. The van der Waals surface area contributed by atoms with Crippen molar-refractivity contribution in [3.8, 4) is 0 Å². The second-order valence-electron chi connectivity index (χ2n) is 6.18. The van der Waals surface area contributed by atoms with Crippen LogP contribution in [0.5, 0.6) is 0 Å². The minimum absolute atomic E-state index is 0.347. The lowest BCUT2D eigenvalue weighted by molar-refractivity contribution is 0.00578. The Morgan fingerprint density at radius 1 is 1.29 bits per heavy atom. The van der Waals surface area contributed by atoms with Gasteiger partial charge in [-0.1, -0.05) is 33.6 Å². The predicted molar refractivity (Wildman–Crippen MR) is 92.3 cm³/mol. The Morgan fingerprint density at radius 3 is 2.38 bits per heavy atom. The van der Waals surface area contributed by atoms with E-state index in [4.69, 9.17) is 26.6 Å². The number of halogens is 2. The van der Waals surface area contributed by atoms with Gasteiger partial charge in [0.2, 0.25) is 0 Å². The third-order valence-corrected chi connectivity index (χ3v) is 4.93. The second kappa shape index (κ2) is 6.05. The molecule has 1 aliphatic heterocycles. The molecule has 0 aromatic heterocycles. The Bertz CT molecular complexity index is 559. The summed E-state index contributed by atoms with van der Waals surface area (Å²) in [5.74, 6) is 0. The van der Waals surface area contributed by atoms with E-state index in [-0.39, 0.29) is 11.2 Å². The third-order valence-electron chi connectivity index (χ3n) is 4.09. The Labute approximate surface area is 140 Å². The molecular weight excluding hydrogens is 352 g/mol. The molecule has 1 heterocycles. The van der Waals surface area contributed by atoms with E-state index in [1.165, 1.54) is 0 Å². The highest BCUT2D eigenvalue weighted by Crippen LogP contribution is 2.39. The number of rotatable bonds is 3. The lowest BCUT2D eigenvalue weighted by Crippen LogP contribution is -2.41. The van der Waals surface area contributed by atoms with Crippen LogP contribution in [-0.4, -0.2) is 24.9 Å². The highest BCUT2D eigenvalue weighted by Gasteiger charge is 2.52. The van der Waals surface area contributed by atoms with Gasteiger partial charge in [-0.25, -0.2) is 0 Å². The molecule has 6 heteroatoms. The van der Waals surface area contributed by atoms with E-state index in [1.807, 2.05) is 52.0 Å². The van der Waals surface area contributed by atoms with E-state index in [9.17, 15) is 0 Å². The van der Waals surface area contributed by atoms with Crippen molar-refractivity contribution in [3.05, 3.63) is 38.7 Å². The van der Waals surface area contributed by atoms with Gasteiger partial charge in [0.05, 0.1) is 11.2 Å². The molecule has 0 spiro atoms. The molecule has 2 N–H and O–H groups in total. The molecule has 114 valence electrons. The molecule has 2 rings (SSSR count). The van der Waals surface area contributed by atoms with Crippen LogP contribution >= 0.6 is 27.5 Å². The van der Waals surface area contributed by atoms with Crippen molar-refractivity contribution in [2.75, 3.05) is 6.54 Å². The Balaban J connectivity index is 2.33. The molecule has 0 radical (unpaired) electrons. The molecule has 0 unspecified atom stereocenters. The average Bonchev–Trinajstić information content (AvgIpc) is 2.59. The standard InChI is InChI=1S/C15H20BBrClNO2/c1-14(2)15(3,4)21-16(20-14)11(9-19)7-10-8-12(17)5-6-13(10)18/h5-8H,9,19H2,1-4H3. The maximum atomic E-state index is 6.23. The molecule has 21 heavy (non-hydrogen) atoms. The van der Waals surface area contributed by atoms with Gasteiger partial charge in [0.25, 0.3) is 0 Å². The lowest BCUT2D eigenvalue weighted by atomic mass is 9.77. The lowest BCUT2D eigenvalue weighted by Gasteiger charge is -2.32. The summed E-state index contributed by atoms with van der Waals surface area (Å²) in [5.41, 5.74) is 6.88. The largest absolute Gasteiger partial charge is 0.491 e. The first-order valence-electron chi connectivity index (χ1n) is 6.87. The second-order valence-corrected chi connectivity index (χ2v) is 7.50. The molecule has 0 saturated carbocycles. The number of hydrogen-bond acceptors (Lipinski definition) is 3. The van der Waals surface area contributed by atoms with Crippen LogP contribution in [0.25, 0.3) is 6.08 Å². The van der Waals surface area contributed by atoms with Gasteiger partial charge in [-0.05, 0) is 56.9 Å². The van der Waals surface area contributed by atoms with Crippen LogP contribution < -0.4 is 5.73 Å². The first-order chi connectivity index (χ1) is 9.66. The van der Waals surface area contributed by atoms with Crippen molar-refractivity contribution in [2.45, 2.75) is 38.9 Å². The maximum absolute atomic E-state index is 6.23. The first-order valence-corrected chi connectivity index (χ1v) is 8.04. The molecular formula is C15H20BBrClNO2. The van der Waals surface area contributed by atoms with Crippen LogP contribution in [0.2, 0.25) is 5.02 Å². The van der Waals surface area contributed by atoms with Crippen molar-refractivity contribution >= 4 is 40.7 Å². The summed E-state index contributed by atoms with van der Waals surface area (Å²) in [6, 6.07) is 5.69. The molecule has 1 saturated heterocycles. The molecule has 0 amide bonds. The third kappa shape index (κ3) is 3.54. The van der Waals surface area contributed by atoms with Gasteiger partial charge in [-0.15, -0.1) is 0 Å². The van der Waals surface area contributed by atoms with Crippen LogP contribution in [-0.2, 0) is 9.31 Å². The molecule has 0 atom stereocenters. The summed E-state index contributed by atoms with van der Waals surface area (Å²) < 4.78 is 13.0. The first kappa shape index (κ1) is 17.0. The van der Waals surface area contributed by atoms with Gasteiger partial charge in [-0.3, -0.25) is 0 Å². The summed E-state index contributed by atoms with van der Waals surface area (Å²) in [7, 11) is -0.449. The molecule has 0 aliphatic carbocycles. The fraction of sp³-hybridized carbons (Fsp3) is 0.467. The van der Waals surface area contributed by atoms with Gasteiger partial charge in [0.1, 0.15) is 0 Å². The summed E-state index contributed by atoms with van der Waals surface area (Å²) in [6.07, 6.45) is 1.94. The Morgan fingerprint density at radius 2 is 1.86 bits per heavy atom. The summed E-state index contributed by atoms with van der Waals surface area (Å²) in [4.78, 5) is 0. The van der Waals surface area contributed by atoms with Crippen molar-refractivity contribution in [3.63, 3.8) is 0 Å². The van der Waals surface area contributed by atoms with Crippen LogP contribution in [0.4, 0.5) is 0 Å². The van der Waals surface area contributed by atoms with Crippen molar-refractivity contribution < 1.29 is 9.31 Å². The van der Waals surface area contributed by atoms with Crippen LogP contribution in [0.1, 0.15) is 33.3 Å². The minimum Gasteiger partial charge on any atom is -0.400 e. The zero-order chi connectivity index (χ0) is 15.8. The van der Waals surface area contributed by atoms with Crippen molar-refractivity contribution in [1.82, 2.24) is 0 Å². The summed E-state index contributed by atoms with van der Waals surface area (Å²) in [5, 5.41) is 0.667. The Kier molecular flexibility index (Phi) is 4.91. The molecule has 1 fully saturated rings. The fourth-order valence-electron chi connectivity index (χ4n) is 2.04. The maximum Gasteiger partial charge on any atom is 0.491 e. The van der Waals surface area contributed by atoms with E-state index in [1.54, 1.807) is 0 Å². The molecule has 3 nitrogen and oxygen atoms in total. The highest BCUT2D eigenvalue weighted by atomic mass is 79.9. The summed E-state index contributed by atoms with van der Waals surface area (Å²) >= 11 is 9.67. The normalized spacial score (nSPS) is 20.9. The van der Waals surface area contributed by atoms with Crippen LogP contribution in [0.3, 0.4) is 0 Å². The summed E-state index contributed by atoms with van der Waals surface area (Å²) in [6.45, 7) is 8.43. The zero-order valence-electron chi connectivity index (χ0n) is 12.7.